The fraction of sp³-hybridized carbons (Fsp3) is 0.692. The summed E-state index contributed by atoms with van der Waals surface area (Å²) in [5.41, 5.74) is 0. The molecular formula is C13H22N4OS. The number of hydrogen-bond acceptors (Lipinski definition) is 5. The van der Waals surface area contributed by atoms with Crippen LogP contribution in [0.3, 0.4) is 0 Å². The summed E-state index contributed by atoms with van der Waals surface area (Å²) < 4.78 is 0. The van der Waals surface area contributed by atoms with Crippen molar-refractivity contribution in [1.82, 2.24) is 15.2 Å². The van der Waals surface area contributed by atoms with Crippen molar-refractivity contribution in [3.8, 4) is 0 Å². The third kappa shape index (κ3) is 3.91. The summed E-state index contributed by atoms with van der Waals surface area (Å²) in [5.74, 6) is 0.179. The molecule has 0 saturated carbocycles. The molecule has 0 unspecified atom stereocenters. The Balaban J connectivity index is 1.95. The van der Waals surface area contributed by atoms with Gasteiger partial charge in [-0.1, -0.05) is 6.92 Å². The maximum absolute atomic E-state index is 11.9. The minimum Gasteiger partial charge on any atom is -0.344 e. The Hall–Kier alpha value is -1.14. The van der Waals surface area contributed by atoms with Crippen LogP contribution in [0.25, 0.3) is 0 Å². The van der Waals surface area contributed by atoms with E-state index in [0.29, 0.717) is 6.54 Å². The van der Waals surface area contributed by atoms with Crippen LogP contribution in [0, 0.1) is 0 Å². The molecule has 0 spiro atoms. The summed E-state index contributed by atoms with van der Waals surface area (Å²) in [7, 11) is 1.87. The fourth-order valence-corrected chi connectivity index (χ4v) is 2.97. The highest BCUT2D eigenvalue weighted by atomic mass is 32.1. The first-order valence-corrected chi connectivity index (χ1v) is 7.66. The first-order chi connectivity index (χ1) is 9.20. The molecule has 0 radical (unpaired) electrons. The van der Waals surface area contributed by atoms with Crippen LogP contribution in [0.15, 0.2) is 6.20 Å². The van der Waals surface area contributed by atoms with E-state index in [2.05, 4.69) is 22.1 Å². The van der Waals surface area contributed by atoms with Gasteiger partial charge in [0, 0.05) is 37.8 Å². The molecule has 1 aliphatic heterocycles. The van der Waals surface area contributed by atoms with Gasteiger partial charge in [-0.3, -0.25) is 4.79 Å². The SMILES string of the molecule is CCCNCc1cnc(N2CCCN(C)C(=O)C2)s1. The summed E-state index contributed by atoms with van der Waals surface area (Å²) in [4.78, 5) is 21.4. The van der Waals surface area contributed by atoms with E-state index in [-0.39, 0.29) is 5.91 Å². The lowest BCUT2D eigenvalue weighted by Crippen LogP contribution is -2.34. The Morgan fingerprint density at radius 3 is 3.11 bits per heavy atom. The van der Waals surface area contributed by atoms with Gasteiger partial charge in [0.1, 0.15) is 0 Å². The summed E-state index contributed by atoms with van der Waals surface area (Å²) in [6.07, 6.45) is 4.06. The number of likely N-dealkylation sites (N-methyl/N-ethyl adjacent to an activating group) is 1. The van der Waals surface area contributed by atoms with E-state index >= 15 is 0 Å². The van der Waals surface area contributed by atoms with Gasteiger partial charge in [-0.2, -0.15) is 0 Å². The quantitative estimate of drug-likeness (QED) is 0.827. The number of anilines is 1. The number of carbonyl (C=O) groups is 1. The van der Waals surface area contributed by atoms with Gasteiger partial charge in [-0.15, -0.1) is 11.3 Å². The van der Waals surface area contributed by atoms with Crippen LogP contribution in [0.4, 0.5) is 5.13 Å². The standard InChI is InChI=1S/C13H22N4OS/c1-3-5-14-8-11-9-15-13(19-11)17-7-4-6-16(2)12(18)10-17/h9,14H,3-8,10H2,1-2H3. The van der Waals surface area contributed by atoms with Crippen LogP contribution >= 0.6 is 11.3 Å². The molecule has 0 atom stereocenters. The zero-order chi connectivity index (χ0) is 13.7. The Morgan fingerprint density at radius 2 is 2.32 bits per heavy atom. The predicted molar refractivity (Wildman–Crippen MR) is 78.6 cm³/mol. The summed E-state index contributed by atoms with van der Waals surface area (Å²) >= 11 is 1.68. The zero-order valence-electron chi connectivity index (χ0n) is 11.7. The lowest BCUT2D eigenvalue weighted by atomic mass is 10.4. The predicted octanol–water partition coefficient (Wildman–Crippen LogP) is 1.31. The lowest BCUT2D eigenvalue weighted by Gasteiger charge is -2.18. The van der Waals surface area contributed by atoms with Gasteiger partial charge < -0.3 is 15.1 Å². The van der Waals surface area contributed by atoms with Gasteiger partial charge in [0.25, 0.3) is 0 Å². The molecule has 0 aliphatic carbocycles. The molecule has 1 aromatic heterocycles. The van der Waals surface area contributed by atoms with E-state index in [0.717, 1.165) is 44.2 Å². The number of aromatic nitrogens is 1. The second kappa shape index (κ2) is 6.86. The Morgan fingerprint density at radius 1 is 1.47 bits per heavy atom. The van der Waals surface area contributed by atoms with Crippen molar-refractivity contribution < 1.29 is 4.79 Å². The van der Waals surface area contributed by atoms with Crippen LogP contribution in [-0.2, 0) is 11.3 Å². The number of nitrogens with one attached hydrogen (secondary N) is 1. The minimum absolute atomic E-state index is 0.179. The molecule has 1 aromatic rings. The number of nitrogens with zero attached hydrogens (tertiary/aromatic N) is 3. The van der Waals surface area contributed by atoms with Gasteiger partial charge in [-0.25, -0.2) is 4.98 Å². The highest BCUT2D eigenvalue weighted by Crippen LogP contribution is 2.23. The summed E-state index contributed by atoms with van der Waals surface area (Å²) in [6, 6.07) is 0. The van der Waals surface area contributed by atoms with Crippen LogP contribution in [0.5, 0.6) is 0 Å². The number of amides is 1. The Labute approximate surface area is 118 Å². The normalized spacial score (nSPS) is 16.8. The summed E-state index contributed by atoms with van der Waals surface area (Å²) in [5, 5.41) is 4.34. The smallest absolute Gasteiger partial charge is 0.241 e. The van der Waals surface area contributed by atoms with Crippen molar-refractivity contribution >= 4 is 22.4 Å². The molecule has 6 heteroatoms. The number of thiazole rings is 1. The van der Waals surface area contributed by atoms with E-state index in [9.17, 15) is 4.79 Å². The molecule has 1 aliphatic rings. The number of carbonyl (C=O) groups excluding carboxylic acids is 1. The van der Waals surface area contributed by atoms with E-state index in [4.69, 9.17) is 0 Å². The Kier molecular flexibility index (Phi) is 5.15. The van der Waals surface area contributed by atoms with Crippen LogP contribution in [0.2, 0.25) is 0 Å². The third-order valence-electron chi connectivity index (χ3n) is 3.21. The molecule has 0 bridgehead atoms. The zero-order valence-corrected chi connectivity index (χ0v) is 12.5. The van der Waals surface area contributed by atoms with Crippen molar-refractivity contribution in [2.24, 2.45) is 0 Å². The molecular weight excluding hydrogens is 260 g/mol. The molecule has 1 saturated heterocycles. The molecule has 0 aromatic carbocycles. The molecule has 1 fully saturated rings. The molecule has 1 N–H and O–H groups in total. The molecule has 2 rings (SSSR count). The third-order valence-corrected chi connectivity index (χ3v) is 4.27. The maximum atomic E-state index is 11.9. The molecule has 5 nitrogen and oxygen atoms in total. The second-order valence-corrected chi connectivity index (χ2v) is 5.97. The van der Waals surface area contributed by atoms with E-state index in [1.165, 1.54) is 4.88 Å². The van der Waals surface area contributed by atoms with E-state index in [1.54, 1.807) is 16.2 Å². The Bertz CT molecular complexity index is 421. The molecule has 2 heterocycles. The average Bonchev–Trinajstić information content (AvgIpc) is 2.79. The molecule has 19 heavy (non-hydrogen) atoms. The highest BCUT2D eigenvalue weighted by molar-refractivity contribution is 7.15. The molecule has 1 amide bonds. The van der Waals surface area contributed by atoms with Gasteiger partial charge in [0.15, 0.2) is 5.13 Å². The first kappa shape index (κ1) is 14.3. The van der Waals surface area contributed by atoms with Crippen molar-refractivity contribution in [2.75, 3.05) is 38.1 Å². The van der Waals surface area contributed by atoms with Crippen LogP contribution in [-0.4, -0.2) is 49.0 Å². The van der Waals surface area contributed by atoms with Crippen molar-refractivity contribution in [1.29, 1.82) is 0 Å². The van der Waals surface area contributed by atoms with Crippen LogP contribution in [0.1, 0.15) is 24.6 Å². The van der Waals surface area contributed by atoms with Gasteiger partial charge >= 0.3 is 0 Å². The van der Waals surface area contributed by atoms with Crippen LogP contribution < -0.4 is 10.2 Å². The minimum atomic E-state index is 0.179. The van der Waals surface area contributed by atoms with Crippen molar-refractivity contribution in [3.63, 3.8) is 0 Å². The van der Waals surface area contributed by atoms with Crippen molar-refractivity contribution in [3.05, 3.63) is 11.1 Å². The summed E-state index contributed by atoms with van der Waals surface area (Å²) in [6.45, 7) is 6.25. The van der Waals surface area contributed by atoms with Gasteiger partial charge in [0.2, 0.25) is 5.91 Å². The monoisotopic (exact) mass is 282 g/mol. The van der Waals surface area contributed by atoms with Gasteiger partial charge in [0.05, 0.1) is 6.54 Å². The number of hydrogen-bond donors (Lipinski definition) is 1. The van der Waals surface area contributed by atoms with E-state index in [1.807, 2.05) is 13.2 Å². The molecule has 106 valence electrons. The largest absolute Gasteiger partial charge is 0.344 e. The topological polar surface area (TPSA) is 48.5 Å². The average molecular weight is 282 g/mol. The van der Waals surface area contributed by atoms with E-state index < -0.39 is 0 Å². The lowest BCUT2D eigenvalue weighted by molar-refractivity contribution is -0.127. The number of rotatable bonds is 5. The van der Waals surface area contributed by atoms with Gasteiger partial charge in [-0.05, 0) is 19.4 Å². The van der Waals surface area contributed by atoms with Crippen molar-refractivity contribution in [2.45, 2.75) is 26.3 Å². The maximum Gasteiger partial charge on any atom is 0.241 e. The first-order valence-electron chi connectivity index (χ1n) is 6.85. The second-order valence-electron chi connectivity index (χ2n) is 4.88. The highest BCUT2D eigenvalue weighted by Gasteiger charge is 2.20. The fourth-order valence-electron chi connectivity index (χ4n) is 2.06.